The number of nitro benzene ring substituents is 1. The Kier molecular flexibility index (Phi) is 3.28. The van der Waals surface area contributed by atoms with Crippen LogP contribution in [0.4, 0.5) is 11.6 Å². The van der Waals surface area contributed by atoms with Crippen LogP contribution in [0, 0.1) is 13.7 Å². The number of nitro groups is 1. The summed E-state index contributed by atoms with van der Waals surface area (Å²) in [5.74, 6) is -0.0260. The summed E-state index contributed by atoms with van der Waals surface area (Å²) in [4.78, 5) is 28.1. The van der Waals surface area contributed by atoms with Crippen molar-refractivity contribution in [1.29, 1.82) is 0 Å². The third kappa shape index (κ3) is 2.32. The molecule has 0 unspecified atom stereocenters. The van der Waals surface area contributed by atoms with Gasteiger partial charge in [0.25, 0.3) is 11.2 Å². The first-order chi connectivity index (χ1) is 8.49. The molecule has 0 saturated carbocycles. The number of rotatable bonds is 2. The van der Waals surface area contributed by atoms with Gasteiger partial charge in [-0.15, -0.1) is 0 Å². The van der Waals surface area contributed by atoms with Gasteiger partial charge < -0.3 is 5.73 Å². The number of H-pyrrole nitrogens is 1. The predicted molar refractivity (Wildman–Crippen MR) is 74.1 cm³/mol. The predicted octanol–water partition coefficient (Wildman–Crippen LogP) is 1.53. The number of anilines is 1. The molecule has 0 bridgehead atoms. The maximum Gasteiger partial charge on any atom is 0.270 e. The number of aromatic amines is 1. The van der Waals surface area contributed by atoms with Crippen LogP contribution >= 0.6 is 22.6 Å². The largest absolute Gasteiger partial charge is 0.369 e. The summed E-state index contributed by atoms with van der Waals surface area (Å²) in [7, 11) is 0. The molecule has 0 atom stereocenters. The molecule has 1 aromatic carbocycles. The minimum Gasteiger partial charge on any atom is -0.369 e. The van der Waals surface area contributed by atoms with Crippen LogP contribution in [-0.4, -0.2) is 14.9 Å². The van der Waals surface area contributed by atoms with Crippen LogP contribution in [-0.2, 0) is 0 Å². The van der Waals surface area contributed by atoms with Crippen molar-refractivity contribution < 1.29 is 4.92 Å². The Balaban J connectivity index is 2.65. The Labute approximate surface area is 114 Å². The first-order valence-corrected chi connectivity index (χ1v) is 5.87. The molecule has 1 heterocycles. The Morgan fingerprint density at radius 3 is 2.83 bits per heavy atom. The molecule has 8 heteroatoms. The molecule has 7 nitrogen and oxygen atoms in total. The highest BCUT2D eigenvalue weighted by atomic mass is 127. The Bertz CT molecular complexity index is 683. The lowest BCUT2D eigenvalue weighted by atomic mass is 10.1. The van der Waals surface area contributed by atoms with E-state index in [2.05, 4.69) is 9.97 Å². The molecule has 0 radical (unpaired) electrons. The van der Waals surface area contributed by atoms with E-state index in [-0.39, 0.29) is 17.2 Å². The van der Waals surface area contributed by atoms with E-state index in [9.17, 15) is 14.9 Å². The molecule has 0 spiro atoms. The van der Waals surface area contributed by atoms with Crippen LogP contribution in [0.2, 0.25) is 0 Å². The van der Waals surface area contributed by atoms with E-state index < -0.39 is 4.92 Å². The molecule has 3 N–H and O–H groups in total. The minimum absolute atomic E-state index is 0.0260. The summed E-state index contributed by atoms with van der Waals surface area (Å²) in [6, 6.07) is 5.88. The summed E-state index contributed by atoms with van der Waals surface area (Å²) in [6.07, 6.45) is 0. The van der Waals surface area contributed by atoms with Gasteiger partial charge in [0, 0.05) is 17.7 Å². The zero-order chi connectivity index (χ0) is 13.3. The fourth-order valence-corrected chi connectivity index (χ4v) is 2.00. The Hall–Kier alpha value is -1.97. The molecular formula is C10H7IN4O3. The van der Waals surface area contributed by atoms with Gasteiger partial charge in [-0.3, -0.25) is 19.9 Å². The van der Waals surface area contributed by atoms with Crippen LogP contribution in [0.3, 0.4) is 0 Å². The van der Waals surface area contributed by atoms with Crippen molar-refractivity contribution in [1.82, 2.24) is 9.97 Å². The Morgan fingerprint density at radius 1 is 1.44 bits per heavy atom. The van der Waals surface area contributed by atoms with Crippen molar-refractivity contribution in [3.63, 3.8) is 0 Å². The molecule has 18 heavy (non-hydrogen) atoms. The number of nitrogens with one attached hydrogen (secondary N) is 1. The van der Waals surface area contributed by atoms with Gasteiger partial charge in [0.1, 0.15) is 3.57 Å². The summed E-state index contributed by atoms with van der Waals surface area (Å²) in [6.45, 7) is 0. The fourth-order valence-electron chi connectivity index (χ4n) is 1.43. The highest BCUT2D eigenvalue weighted by Gasteiger charge is 2.13. The van der Waals surface area contributed by atoms with Gasteiger partial charge >= 0.3 is 0 Å². The van der Waals surface area contributed by atoms with Crippen LogP contribution in [0.25, 0.3) is 11.3 Å². The van der Waals surface area contributed by atoms with Crippen molar-refractivity contribution in [2.24, 2.45) is 0 Å². The van der Waals surface area contributed by atoms with E-state index >= 15 is 0 Å². The number of nitrogens with two attached hydrogens (primary N) is 1. The number of non-ortho nitro benzene ring substituents is 1. The van der Waals surface area contributed by atoms with Gasteiger partial charge in [0.05, 0.1) is 10.6 Å². The molecule has 2 aromatic rings. The molecule has 0 aliphatic rings. The SMILES string of the molecule is Nc1nc(-c2cccc([N+](=O)[O-])c2)c(I)c(=O)[nH]1. The van der Waals surface area contributed by atoms with E-state index in [1.807, 2.05) is 22.6 Å². The standard InChI is InChI=1S/C10H7IN4O3/c11-7-8(13-10(12)14-9(7)16)5-2-1-3-6(4-5)15(17)18/h1-4H,(H3,12,13,14,16). The monoisotopic (exact) mass is 358 g/mol. The van der Waals surface area contributed by atoms with E-state index in [0.29, 0.717) is 14.8 Å². The number of nitrogens with zero attached hydrogens (tertiary/aromatic N) is 2. The number of halogens is 1. The van der Waals surface area contributed by atoms with Crippen LogP contribution in [0.1, 0.15) is 0 Å². The first kappa shape index (κ1) is 12.5. The lowest BCUT2D eigenvalue weighted by Crippen LogP contribution is -2.15. The number of nitrogen functional groups attached to an aromatic ring is 1. The van der Waals surface area contributed by atoms with Gasteiger partial charge in [0.15, 0.2) is 0 Å². The topological polar surface area (TPSA) is 115 Å². The molecule has 0 fully saturated rings. The summed E-state index contributed by atoms with van der Waals surface area (Å²) in [5, 5.41) is 10.7. The highest BCUT2D eigenvalue weighted by Crippen LogP contribution is 2.24. The quantitative estimate of drug-likeness (QED) is 0.480. The third-order valence-corrected chi connectivity index (χ3v) is 3.21. The first-order valence-electron chi connectivity index (χ1n) is 4.79. The molecule has 1 aromatic heterocycles. The second-order valence-corrected chi connectivity index (χ2v) is 4.50. The number of aromatic nitrogens is 2. The van der Waals surface area contributed by atoms with E-state index in [0.717, 1.165) is 0 Å². The van der Waals surface area contributed by atoms with Crippen LogP contribution in [0.5, 0.6) is 0 Å². The smallest absolute Gasteiger partial charge is 0.270 e. The van der Waals surface area contributed by atoms with Gasteiger partial charge in [0.2, 0.25) is 5.95 Å². The third-order valence-electron chi connectivity index (χ3n) is 2.21. The molecule has 0 saturated heterocycles. The van der Waals surface area contributed by atoms with Crippen molar-refractivity contribution >= 4 is 34.2 Å². The van der Waals surface area contributed by atoms with Gasteiger partial charge in [-0.1, -0.05) is 12.1 Å². The maximum absolute atomic E-state index is 11.5. The van der Waals surface area contributed by atoms with Crippen molar-refractivity contribution in [3.8, 4) is 11.3 Å². The molecule has 92 valence electrons. The maximum atomic E-state index is 11.5. The summed E-state index contributed by atoms with van der Waals surface area (Å²) >= 11 is 1.82. The normalized spacial score (nSPS) is 10.3. The Morgan fingerprint density at radius 2 is 2.17 bits per heavy atom. The molecule has 0 aliphatic carbocycles. The lowest BCUT2D eigenvalue weighted by molar-refractivity contribution is -0.384. The van der Waals surface area contributed by atoms with Crippen LogP contribution < -0.4 is 11.3 Å². The van der Waals surface area contributed by atoms with E-state index in [4.69, 9.17) is 5.73 Å². The second-order valence-electron chi connectivity index (χ2n) is 3.42. The number of benzene rings is 1. The molecule has 2 rings (SSSR count). The van der Waals surface area contributed by atoms with Gasteiger partial charge in [-0.2, -0.15) is 0 Å². The fraction of sp³-hybridized carbons (Fsp3) is 0. The molecular weight excluding hydrogens is 351 g/mol. The lowest BCUT2D eigenvalue weighted by Gasteiger charge is -2.04. The van der Waals surface area contributed by atoms with Gasteiger partial charge in [-0.05, 0) is 22.6 Å². The zero-order valence-corrected chi connectivity index (χ0v) is 11.0. The average molecular weight is 358 g/mol. The van der Waals surface area contributed by atoms with Crippen molar-refractivity contribution in [3.05, 3.63) is 48.3 Å². The van der Waals surface area contributed by atoms with Gasteiger partial charge in [-0.25, -0.2) is 4.98 Å². The number of hydrogen-bond donors (Lipinski definition) is 2. The highest BCUT2D eigenvalue weighted by molar-refractivity contribution is 14.1. The minimum atomic E-state index is -0.507. The number of hydrogen-bond acceptors (Lipinski definition) is 5. The summed E-state index contributed by atoms with van der Waals surface area (Å²) in [5.41, 5.74) is 5.84. The molecule has 0 amide bonds. The second kappa shape index (κ2) is 4.72. The van der Waals surface area contributed by atoms with Crippen LogP contribution in [0.15, 0.2) is 29.1 Å². The van der Waals surface area contributed by atoms with Crippen molar-refractivity contribution in [2.75, 3.05) is 5.73 Å². The van der Waals surface area contributed by atoms with Crippen molar-refractivity contribution in [2.45, 2.75) is 0 Å². The van der Waals surface area contributed by atoms with E-state index in [1.54, 1.807) is 6.07 Å². The molecule has 0 aliphatic heterocycles. The summed E-state index contributed by atoms with van der Waals surface area (Å²) < 4.78 is 0.335. The van der Waals surface area contributed by atoms with E-state index in [1.165, 1.54) is 18.2 Å². The average Bonchev–Trinajstić information content (AvgIpc) is 2.34. The zero-order valence-electron chi connectivity index (χ0n) is 8.88.